The number of benzene rings is 3. The van der Waals surface area contributed by atoms with Gasteiger partial charge < -0.3 is 5.32 Å². The van der Waals surface area contributed by atoms with Crippen molar-refractivity contribution in [2.45, 2.75) is 27.3 Å². The van der Waals surface area contributed by atoms with E-state index in [0.29, 0.717) is 27.4 Å². The Bertz CT molecular complexity index is 1440. The second-order valence-corrected chi connectivity index (χ2v) is 10.5. The molecule has 0 saturated heterocycles. The molecule has 1 heterocycles. The smallest absolute Gasteiger partial charge is 0.268 e. The van der Waals surface area contributed by atoms with E-state index >= 15 is 0 Å². The molecule has 0 fully saturated rings. The number of hydrogen-bond donors (Lipinski definition) is 1. The van der Waals surface area contributed by atoms with Gasteiger partial charge in [-0.25, -0.2) is 12.7 Å². The maximum Gasteiger partial charge on any atom is 0.268 e. The number of nitrogens with zero attached hydrogens (tertiary/aromatic N) is 1. The molecule has 1 N–H and O–H groups in total. The first-order chi connectivity index (χ1) is 16.1. The quantitative estimate of drug-likeness (QED) is 0.520. The van der Waals surface area contributed by atoms with Crippen molar-refractivity contribution in [3.8, 4) is 0 Å². The zero-order chi connectivity index (χ0) is 24.6. The first kappa shape index (κ1) is 23.7. The van der Waals surface area contributed by atoms with E-state index in [2.05, 4.69) is 5.32 Å². The standard InChI is InChI=1S/C26H23ClN2O4S/c1-16-7-10-21(13-17(16)2)24-18(3)26(31)29(34(24,32)33)15-19-8-11-20(12-9-19)25(30)28-23-6-4-5-22(27)14-23/h4-14H,15H2,1-3H3,(H,28,30). The molecule has 3 aromatic rings. The molecule has 0 saturated carbocycles. The average Bonchev–Trinajstić information content (AvgIpc) is 2.95. The van der Waals surface area contributed by atoms with Crippen LogP contribution in [0.1, 0.15) is 39.5 Å². The third-order valence-corrected chi connectivity index (χ3v) is 8.00. The average molecular weight is 495 g/mol. The second-order valence-electron chi connectivity index (χ2n) is 8.23. The fourth-order valence-corrected chi connectivity index (χ4v) is 5.78. The fourth-order valence-electron chi connectivity index (χ4n) is 3.80. The Morgan fingerprint density at radius 3 is 2.29 bits per heavy atom. The first-order valence-electron chi connectivity index (χ1n) is 10.6. The molecule has 0 unspecified atom stereocenters. The summed E-state index contributed by atoms with van der Waals surface area (Å²) in [6.45, 7) is 5.26. The summed E-state index contributed by atoms with van der Waals surface area (Å²) in [4.78, 5) is 25.4. The van der Waals surface area contributed by atoms with E-state index in [1.54, 1.807) is 60.7 Å². The highest BCUT2D eigenvalue weighted by atomic mass is 35.5. The van der Waals surface area contributed by atoms with Gasteiger partial charge in [-0.15, -0.1) is 0 Å². The van der Waals surface area contributed by atoms with Crippen molar-refractivity contribution in [3.05, 3.63) is 105 Å². The summed E-state index contributed by atoms with van der Waals surface area (Å²) < 4.78 is 27.5. The van der Waals surface area contributed by atoms with Crippen LogP contribution < -0.4 is 5.32 Å². The van der Waals surface area contributed by atoms with E-state index in [0.717, 1.165) is 15.4 Å². The minimum absolute atomic E-state index is 0.0399. The zero-order valence-electron chi connectivity index (χ0n) is 18.9. The number of amides is 2. The van der Waals surface area contributed by atoms with Crippen LogP contribution in [0.5, 0.6) is 0 Å². The molecule has 6 nitrogen and oxygen atoms in total. The predicted octanol–water partition coefficient (Wildman–Crippen LogP) is 5.31. The molecular weight excluding hydrogens is 472 g/mol. The van der Waals surface area contributed by atoms with E-state index in [1.807, 2.05) is 19.9 Å². The van der Waals surface area contributed by atoms with Crippen molar-refractivity contribution >= 4 is 44.0 Å². The number of anilines is 1. The van der Waals surface area contributed by atoms with Crippen molar-refractivity contribution < 1.29 is 18.0 Å². The number of hydrogen-bond acceptors (Lipinski definition) is 4. The summed E-state index contributed by atoms with van der Waals surface area (Å²) in [6, 6.07) is 18.6. The van der Waals surface area contributed by atoms with Crippen molar-refractivity contribution in [3.63, 3.8) is 0 Å². The lowest BCUT2D eigenvalue weighted by Crippen LogP contribution is -2.30. The molecular formula is C26H23ClN2O4S. The van der Waals surface area contributed by atoms with Gasteiger partial charge in [0.2, 0.25) is 0 Å². The largest absolute Gasteiger partial charge is 0.322 e. The molecule has 0 aliphatic carbocycles. The number of rotatable bonds is 5. The van der Waals surface area contributed by atoms with Crippen molar-refractivity contribution in [1.82, 2.24) is 4.31 Å². The summed E-state index contributed by atoms with van der Waals surface area (Å²) in [5.41, 5.74) is 4.24. The topological polar surface area (TPSA) is 83.6 Å². The molecule has 0 bridgehead atoms. The van der Waals surface area contributed by atoms with Crippen LogP contribution in [0, 0.1) is 13.8 Å². The van der Waals surface area contributed by atoms with Gasteiger partial charge in [0.25, 0.3) is 21.8 Å². The highest BCUT2D eigenvalue weighted by Crippen LogP contribution is 2.37. The van der Waals surface area contributed by atoms with Crippen LogP contribution in [0.25, 0.3) is 4.91 Å². The highest BCUT2D eigenvalue weighted by molar-refractivity contribution is 7.99. The maximum absolute atomic E-state index is 13.3. The molecule has 174 valence electrons. The molecule has 2 amide bonds. The Morgan fingerprint density at radius 1 is 0.941 bits per heavy atom. The Labute approximate surface area is 203 Å². The molecule has 3 aromatic carbocycles. The summed E-state index contributed by atoms with van der Waals surface area (Å²) in [7, 11) is -4.01. The van der Waals surface area contributed by atoms with E-state index in [4.69, 9.17) is 11.6 Å². The van der Waals surface area contributed by atoms with Crippen LogP contribution in [0.4, 0.5) is 5.69 Å². The molecule has 4 rings (SSSR count). The van der Waals surface area contributed by atoms with Crippen LogP contribution in [0.2, 0.25) is 5.02 Å². The highest BCUT2D eigenvalue weighted by Gasteiger charge is 2.42. The van der Waals surface area contributed by atoms with Gasteiger partial charge in [-0.05, 0) is 73.4 Å². The Morgan fingerprint density at radius 2 is 1.65 bits per heavy atom. The van der Waals surface area contributed by atoms with E-state index < -0.39 is 15.9 Å². The van der Waals surface area contributed by atoms with Crippen LogP contribution in [0.15, 0.2) is 72.3 Å². The van der Waals surface area contributed by atoms with Gasteiger partial charge >= 0.3 is 0 Å². The molecule has 0 spiro atoms. The van der Waals surface area contributed by atoms with Crippen LogP contribution >= 0.6 is 11.6 Å². The normalized spacial score (nSPS) is 15.1. The molecule has 1 aliphatic rings. The summed E-state index contributed by atoms with van der Waals surface area (Å²) in [5.74, 6) is -0.871. The number of carbonyl (C=O) groups is 2. The van der Waals surface area contributed by atoms with Gasteiger partial charge in [-0.2, -0.15) is 0 Å². The van der Waals surface area contributed by atoms with E-state index in [9.17, 15) is 18.0 Å². The number of halogens is 1. The Hall–Kier alpha value is -3.42. The summed E-state index contributed by atoms with van der Waals surface area (Å²) in [6.07, 6.45) is 0. The molecule has 1 aliphatic heterocycles. The van der Waals surface area contributed by atoms with Crippen molar-refractivity contribution in [1.29, 1.82) is 0 Å². The Kier molecular flexibility index (Phi) is 6.34. The lowest BCUT2D eigenvalue weighted by molar-refractivity contribution is -0.122. The van der Waals surface area contributed by atoms with Gasteiger partial charge in [0.15, 0.2) is 0 Å². The summed E-state index contributed by atoms with van der Waals surface area (Å²) >= 11 is 5.95. The van der Waals surface area contributed by atoms with Gasteiger partial charge in [-0.3, -0.25) is 9.59 Å². The lowest BCUT2D eigenvalue weighted by atomic mass is 10.0. The first-order valence-corrected chi connectivity index (χ1v) is 12.4. The third kappa shape index (κ3) is 4.49. The van der Waals surface area contributed by atoms with Gasteiger partial charge in [0.05, 0.1) is 6.54 Å². The van der Waals surface area contributed by atoms with Crippen LogP contribution in [-0.4, -0.2) is 24.5 Å². The van der Waals surface area contributed by atoms with Gasteiger partial charge in [0.1, 0.15) is 4.91 Å². The molecule has 0 atom stereocenters. The summed E-state index contributed by atoms with van der Waals surface area (Å²) in [5, 5.41) is 3.27. The second kappa shape index (κ2) is 9.08. The van der Waals surface area contributed by atoms with Crippen molar-refractivity contribution in [2.75, 3.05) is 5.32 Å². The van der Waals surface area contributed by atoms with Crippen molar-refractivity contribution in [2.24, 2.45) is 0 Å². The molecule has 0 aromatic heterocycles. The SMILES string of the molecule is CC1=C(c2ccc(C)c(C)c2)S(=O)(=O)N(Cc2ccc(C(=O)Nc3cccc(Cl)c3)cc2)C1=O. The minimum atomic E-state index is -4.01. The predicted molar refractivity (Wildman–Crippen MR) is 134 cm³/mol. The van der Waals surface area contributed by atoms with Crippen LogP contribution in [0.3, 0.4) is 0 Å². The van der Waals surface area contributed by atoms with Crippen LogP contribution in [-0.2, 0) is 21.4 Å². The number of aryl methyl sites for hydroxylation is 2. The van der Waals surface area contributed by atoms with Gasteiger partial charge in [-0.1, -0.05) is 48.0 Å². The molecule has 8 heteroatoms. The zero-order valence-corrected chi connectivity index (χ0v) is 20.5. The minimum Gasteiger partial charge on any atom is -0.322 e. The number of nitrogens with one attached hydrogen (secondary N) is 1. The molecule has 0 radical (unpaired) electrons. The number of carbonyl (C=O) groups excluding carboxylic acids is 2. The fraction of sp³-hybridized carbons (Fsp3) is 0.154. The Balaban J connectivity index is 1.53. The monoisotopic (exact) mass is 494 g/mol. The van der Waals surface area contributed by atoms with E-state index in [-0.39, 0.29) is 22.9 Å². The maximum atomic E-state index is 13.3. The molecule has 34 heavy (non-hydrogen) atoms. The third-order valence-electron chi connectivity index (χ3n) is 5.83. The lowest BCUT2D eigenvalue weighted by Gasteiger charge is -2.17. The number of sulfonamides is 1. The van der Waals surface area contributed by atoms with E-state index in [1.165, 1.54) is 6.92 Å². The van der Waals surface area contributed by atoms with Gasteiger partial charge in [0, 0.05) is 21.8 Å².